The molecule has 144 valence electrons. The highest BCUT2D eigenvalue weighted by Gasteiger charge is 2.28. The molecule has 0 spiro atoms. The molecule has 3 amide bonds. The molecule has 1 saturated carbocycles. The van der Waals surface area contributed by atoms with Gasteiger partial charge in [-0.1, -0.05) is 25.3 Å². The van der Waals surface area contributed by atoms with Gasteiger partial charge in [-0.2, -0.15) is 0 Å². The van der Waals surface area contributed by atoms with Crippen molar-refractivity contribution < 1.29 is 9.59 Å². The van der Waals surface area contributed by atoms with Crippen LogP contribution in [-0.4, -0.2) is 54.0 Å². The van der Waals surface area contributed by atoms with E-state index in [9.17, 15) is 9.59 Å². The Balaban J connectivity index is 0.00000243. The fraction of sp³-hybridized carbons (Fsp3) is 0.611. The zero-order valence-electron chi connectivity index (χ0n) is 14.9. The summed E-state index contributed by atoms with van der Waals surface area (Å²) in [6, 6.07) is 3.81. The van der Waals surface area contributed by atoms with E-state index in [4.69, 9.17) is 0 Å². The highest BCUT2D eigenvalue weighted by Crippen LogP contribution is 2.21. The van der Waals surface area contributed by atoms with Crippen LogP contribution < -0.4 is 16.0 Å². The van der Waals surface area contributed by atoms with E-state index in [1.54, 1.807) is 12.4 Å². The minimum atomic E-state index is -0.242. The minimum Gasteiger partial charge on any atom is -0.335 e. The lowest BCUT2D eigenvalue weighted by Crippen LogP contribution is -2.52. The summed E-state index contributed by atoms with van der Waals surface area (Å²) in [6.07, 6.45) is 9.15. The number of hydrogen-bond donors (Lipinski definition) is 3. The molecule has 7 nitrogen and oxygen atoms in total. The summed E-state index contributed by atoms with van der Waals surface area (Å²) in [4.78, 5) is 30.6. The number of piperazine rings is 1. The van der Waals surface area contributed by atoms with Gasteiger partial charge < -0.3 is 20.9 Å². The van der Waals surface area contributed by atoms with Crippen molar-refractivity contribution in [2.75, 3.05) is 26.2 Å². The number of carbonyl (C=O) groups is 2. The third kappa shape index (κ3) is 5.57. The number of urea groups is 1. The predicted octanol–water partition coefficient (Wildman–Crippen LogP) is 1.61. The molecule has 2 aliphatic rings. The summed E-state index contributed by atoms with van der Waals surface area (Å²) in [6.45, 7) is 2.11. The summed E-state index contributed by atoms with van der Waals surface area (Å²) in [5.74, 6) is -0.0610. The number of hydrogen-bond acceptors (Lipinski definition) is 4. The van der Waals surface area contributed by atoms with Crippen molar-refractivity contribution in [3.8, 4) is 0 Å². The number of rotatable bonds is 4. The van der Waals surface area contributed by atoms with Gasteiger partial charge in [-0.25, -0.2) is 4.79 Å². The number of nitrogens with one attached hydrogen (secondary N) is 3. The second-order valence-corrected chi connectivity index (χ2v) is 6.76. The van der Waals surface area contributed by atoms with E-state index in [2.05, 4.69) is 20.9 Å². The molecule has 1 aromatic heterocycles. The highest BCUT2D eigenvalue weighted by atomic mass is 35.5. The van der Waals surface area contributed by atoms with Crippen molar-refractivity contribution in [2.45, 2.75) is 44.2 Å². The molecule has 3 N–H and O–H groups in total. The standard InChI is InChI=1S/C18H27N5O2.ClH/c24-17(13-21-18(25)22-15-6-2-1-3-7-15)23-10-9-20-12-16(23)14-5-4-8-19-11-14;/h4-5,8,11,15-16,20H,1-3,6-7,9-10,12-13H2,(H2,21,22,25);1H. The Morgan fingerprint density at radius 3 is 2.81 bits per heavy atom. The third-order valence-electron chi connectivity index (χ3n) is 4.97. The molecule has 1 unspecified atom stereocenters. The van der Waals surface area contributed by atoms with Crippen molar-refractivity contribution in [1.29, 1.82) is 0 Å². The van der Waals surface area contributed by atoms with Gasteiger partial charge in [-0.15, -0.1) is 12.4 Å². The minimum absolute atomic E-state index is 0. The lowest BCUT2D eigenvalue weighted by Gasteiger charge is -2.36. The van der Waals surface area contributed by atoms with Gasteiger partial charge in [-0.3, -0.25) is 9.78 Å². The molecule has 1 aliphatic carbocycles. The van der Waals surface area contributed by atoms with Crippen molar-refractivity contribution in [3.05, 3.63) is 30.1 Å². The average Bonchev–Trinajstić information content (AvgIpc) is 2.67. The molecule has 2 fully saturated rings. The van der Waals surface area contributed by atoms with E-state index in [-0.39, 0.29) is 43.0 Å². The maximum absolute atomic E-state index is 12.6. The van der Waals surface area contributed by atoms with Crippen LogP contribution in [0.5, 0.6) is 0 Å². The fourth-order valence-electron chi connectivity index (χ4n) is 3.61. The second kappa shape index (κ2) is 10.3. The summed E-state index contributed by atoms with van der Waals surface area (Å²) in [5, 5.41) is 9.01. The van der Waals surface area contributed by atoms with Crippen LogP contribution in [0.2, 0.25) is 0 Å². The largest absolute Gasteiger partial charge is 0.335 e. The van der Waals surface area contributed by atoms with E-state index in [0.717, 1.165) is 37.8 Å². The average molecular weight is 382 g/mol. The summed E-state index contributed by atoms with van der Waals surface area (Å²) < 4.78 is 0. The Morgan fingerprint density at radius 1 is 1.27 bits per heavy atom. The van der Waals surface area contributed by atoms with Gasteiger partial charge in [0.15, 0.2) is 0 Å². The lowest BCUT2D eigenvalue weighted by molar-refractivity contribution is -0.133. The first-order valence-corrected chi connectivity index (χ1v) is 9.18. The van der Waals surface area contributed by atoms with E-state index in [0.29, 0.717) is 13.1 Å². The number of pyridine rings is 1. The summed E-state index contributed by atoms with van der Waals surface area (Å²) >= 11 is 0. The molecule has 3 rings (SSSR count). The monoisotopic (exact) mass is 381 g/mol. The summed E-state index contributed by atoms with van der Waals surface area (Å²) in [5.41, 5.74) is 1.01. The molecule has 1 atom stereocenters. The van der Waals surface area contributed by atoms with Gasteiger partial charge >= 0.3 is 6.03 Å². The molecule has 0 radical (unpaired) electrons. The normalized spacial score (nSPS) is 20.8. The molecule has 26 heavy (non-hydrogen) atoms. The van der Waals surface area contributed by atoms with Crippen molar-refractivity contribution >= 4 is 24.3 Å². The van der Waals surface area contributed by atoms with Crippen LogP contribution in [0.1, 0.15) is 43.7 Å². The van der Waals surface area contributed by atoms with Crippen LogP contribution in [0.15, 0.2) is 24.5 Å². The molecule has 1 aliphatic heterocycles. The maximum atomic E-state index is 12.6. The number of carbonyl (C=O) groups excluding carboxylic acids is 2. The Morgan fingerprint density at radius 2 is 2.08 bits per heavy atom. The second-order valence-electron chi connectivity index (χ2n) is 6.76. The number of aromatic nitrogens is 1. The van der Waals surface area contributed by atoms with Gasteiger partial charge in [0.2, 0.25) is 5.91 Å². The molecule has 1 aromatic rings. The van der Waals surface area contributed by atoms with E-state index < -0.39 is 0 Å². The van der Waals surface area contributed by atoms with Gasteiger partial charge in [0, 0.05) is 38.1 Å². The molecular weight excluding hydrogens is 354 g/mol. The van der Waals surface area contributed by atoms with Gasteiger partial charge in [0.1, 0.15) is 0 Å². The van der Waals surface area contributed by atoms with Crippen molar-refractivity contribution in [1.82, 2.24) is 25.8 Å². The zero-order valence-corrected chi connectivity index (χ0v) is 15.8. The fourth-order valence-corrected chi connectivity index (χ4v) is 3.61. The van der Waals surface area contributed by atoms with Crippen molar-refractivity contribution in [3.63, 3.8) is 0 Å². The molecule has 8 heteroatoms. The van der Waals surface area contributed by atoms with Crippen LogP contribution in [0.4, 0.5) is 4.79 Å². The van der Waals surface area contributed by atoms with Crippen LogP contribution in [0, 0.1) is 0 Å². The Hall–Kier alpha value is -1.86. The SMILES string of the molecule is Cl.O=C(NCC(=O)N1CCNCC1c1cccnc1)NC1CCCCC1. The van der Waals surface area contributed by atoms with Crippen LogP contribution >= 0.6 is 12.4 Å². The molecule has 1 saturated heterocycles. The van der Waals surface area contributed by atoms with E-state index in [1.165, 1.54) is 6.42 Å². The van der Waals surface area contributed by atoms with Crippen LogP contribution in [0.25, 0.3) is 0 Å². The number of amides is 3. The molecule has 0 bridgehead atoms. The maximum Gasteiger partial charge on any atom is 0.315 e. The quantitative estimate of drug-likeness (QED) is 0.739. The number of halogens is 1. The molecular formula is C18H28ClN5O2. The topological polar surface area (TPSA) is 86.4 Å². The van der Waals surface area contributed by atoms with Gasteiger partial charge in [0.25, 0.3) is 0 Å². The predicted molar refractivity (Wildman–Crippen MR) is 102 cm³/mol. The van der Waals surface area contributed by atoms with Crippen LogP contribution in [-0.2, 0) is 4.79 Å². The number of nitrogens with zero attached hydrogens (tertiary/aromatic N) is 2. The first-order chi connectivity index (χ1) is 12.2. The van der Waals surface area contributed by atoms with E-state index >= 15 is 0 Å². The van der Waals surface area contributed by atoms with E-state index in [1.807, 2.05) is 17.0 Å². The first-order valence-electron chi connectivity index (χ1n) is 9.18. The lowest BCUT2D eigenvalue weighted by atomic mass is 9.96. The van der Waals surface area contributed by atoms with Crippen molar-refractivity contribution in [2.24, 2.45) is 0 Å². The summed E-state index contributed by atoms with van der Waals surface area (Å²) in [7, 11) is 0. The Kier molecular flexibility index (Phi) is 8.12. The van der Waals surface area contributed by atoms with Gasteiger partial charge in [0.05, 0.1) is 12.6 Å². The molecule has 0 aromatic carbocycles. The van der Waals surface area contributed by atoms with Gasteiger partial charge in [-0.05, 0) is 24.5 Å². The highest BCUT2D eigenvalue weighted by molar-refractivity contribution is 5.85. The third-order valence-corrected chi connectivity index (χ3v) is 4.97. The Labute approximate surface area is 160 Å². The first kappa shape index (κ1) is 20.5. The van der Waals surface area contributed by atoms with Crippen LogP contribution in [0.3, 0.4) is 0 Å². The zero-order chi connectivity index (χ0) is 17.5. The molecule has 2 heterocycles. The smallest absolute Gasteiger partial charge is 0.315 e. The Bertz CT molecular complexity index is 580.